The van der Waals surface area contributed by atoms with Gasteiger partial charge in [-0.05, 0) is 36.3 Å². The molecule has 0 spiro atoms. The highest BCUT2D eigenvalue weighted by Gasteiger charge is 2.45. The summed E-state index contributed by atoms with van der Waals surface area (Å²) in [5.41, 5.74) is 1.30. The Labute approximate surface area is 124 Å². The Bertz CT molecular complexity index is 564. The molecule has 0 aliphatic heterocycles. The van der Waals surface area contributed by atoms with E-state index < -0.39 is 0 Å². The number of nitrogens with zero attached hydrogens (tertiary/aromatic N) is 1. The molecular formula is C17H19NOS. The van der Waals surface area contributed by atoms with Crippen molar-refractivity contribution in [3.05, 3.63) is 58.3 Å². The van der Waals surface area contributed by atoms with E-state index >= 15 is 0 Å². The van der Waals surface area contributed by atoms with Crippen molar-refractivity contribution in [3.8, 4) is 0 Å². The second-order valence-electron chi connectivity index (χ2n) is 5.29. The van der Waals surface area contributed by atoms with Crippen molar-refractivity contribution < 1.29 is 4.79 Å². The molecule has 1 saturated carbocycles. The van der Waals surface area contributed by atoms with Crippen LogP contribution in [0.25, 0.3) is 0 Å². The Hall–Kier alpha value is -1.61. The zero-order chi connectivity index (χ0) is 13.9. The molecule has 1 aromatic heterocycles. The molecule has 0 bridgehead atoms. The van der Waals surface area contributed by atoms with Gasteiger partial charge in [-0.1, -0.05) is 36.4 Å². The van der Waals surface area contributed by atoms with E-state index in [1.807, 2.05) is 17.0 Å². The van der Waals surface area contributed by atoms with Gasteiger partial charge < -0.3 is 4.90 Å². The van der Waals surface area contributed by atoms with Gasteiger partial charge in [0.1, 0.15) is 0 Å². The third-order valence-corrected chi connectivity index (χ3v) is 4.82. The topological polar surface area (TPSA) is 20.3 Å². The Balaban J connectivity index is 1.64. The molecule has 3 heteroatoms. The van der Waals surface area contributed by atoms with Crippen molar-refractivity contribution in [2.45, 2.75) is 25.8 Å². The predicted molar refractivity (Wildman–Crippen MR) is 82.7 cm³/mol. The van der Waals surface area contributed by atoms with Crippen LogP contribution in [0.5, 0.6) is 0 Å². The van der Waals surface area contributed by atoms with Crippen molar-refractivity contribution >= 4 is 17.2 Å². The van der Waals surface area contributed by atoms with E-state index in [1.54, 1.807) is 11.3 Å². The second-order valence-corrected chi connectivity index (χ2v) is 6.32. The largest absolute Gasteiger partial charge is 0.338 e. The van der Waals surface area contributed by atoms with E-state index in [1.165, 1.54) is 10.4 Å². The first-order chi connectivity index (χ1) is 9.79. The van der Waals surface area contributed by atoms with Crippen LogP contribution < -0.4 is 0 Å². The minimum Gasteiger partial charge on any atom is -0.338 e. The van der Waals surface area contributed by atoms with E-state index in [0.29, 0.717) is 11.8 Å². The minimum absolute atomic E-state index is 0.192. The van der Waals surface area contributed by atoms with E-state index in [-0.39, 0.29) is 5.92 Å². The molecule has 0 unspecified atom stereocenters. The van der Waals surface area contributed by atoms with Gasteiger partial charge in [-0.2, -0.15) is 0 Å². The standard InChI is InChI=1S/C17H19NOS/c1-2-18(12-14-9-6-10-20-14)17(19)16-11-15(16)13-7-4-3-5-8-13/h3-10,15-16H,2,11-12H2,1H3/t15-,16+/m1/s1. The van der Waals surface area contributed by atoms with Crippen molar-refractivity contribution in [2.75, 3.05) is 6.54 Å². The number of hydrogen-bond acceptors (Lipinski definition) is 2. The summed E-state index contributed by atoms with van der Waals surface area (Å²) in [5.74, 6) is 0.938. The first-order valence-corrected chi connectivity index (χ1v) is 8.03. The van der Waals surface area contributed by atoms with Crippen LogP contribution in [0.1, 0.15) is 29.7 Å². The number of hydrogen-bond donors (Lipinski definition) is 0. The molecule has 3 rings (SSSR count). The molecule has 0 N–H and O–H groups in total. The van der Waals surface area contributed by atoms with Gasteiger partial charge >= 0.3 is 0 Å². The number of amides is 1. The van der Waals surface area contributed by atoms with Gasteiger partial charge in [-0.3, -0.25) is 4.79 Å². The lowest BCUT2D eigenvalue weighted by Gasteiger charge is -2.20. The molecule has 104 valence electrons. The molecule has 1 aromatic carbocycles. The third-order valence-electron chi connectivity index (χ3n) is 3.96. The monoisotopic (exact) mass is 285 g/mol. The van der Waals surface area contributed by atoms with Crippen LogP contribution in [-0.2, 0) is 11.3 Å². The Morgan fingerprint density at radius 1 is 1.25 bits per heavy atom. The first-order valence-electron chi connectivity index (χ1n) is 7.15. The first kappa shape index (κ1) is 13.4. The summed E-state index contributed by atoms with van der Waals surface area (Å²) in [7, 11) is 0. The van der Waals surface area contributed by atoms with Crippen molar-refractivity contribution in [2.24, 2.45) is 5.92 Å². The zero-order valence-corrected chi connectivity index (χ0v) is 12.5. The van der Waals surface area contributed by atoms with Crippen LogP contribution in [0.3, 0.4) is 0 Å². The van der Waals surface area contributed by atoms with Gasteiger partial charge in [0.05, 0.1) is 6.54 Å². The summed E-state index contributed by atoms with van der Waals surface area (Å²) < 4.78 is 0. The van der Waals surface area contributed by atoms with Gasteiger partial charge in [0, 0.05) is 17.3 Å². The van der Waals surface area contributed by atoms with Gasteiger partial charge in [0.15, 0.2) is 0 Å². The fourth-order valence-electron chi connectivity index (χ4n) is 2.71. The zero-order valence-electron chi connectivity index (χ0n) is 11.7. The maximum atomic E-state index is 12.6. The number of thiophene rings is 1. The SMILES string of the molecule is CCN(Cc1cccs1)C(=O)[C@H]1C[C@@H]1c1ccccc1. The summed E-state index contributed by atoms with van der Waals surface area (Å²) in [6.07, 6.45) is 1.00. The molecule has 20 heavy (non-hydrogen) atoms. The smallest absolute Gasteiger partial charge is 0.226 e. The number of rotatable bonds is 5. The highest BCUT2D eigenvalue weighted by molar-refractivity contribution is 7.09. The Kier molecular flexibility index (Phi) is 3.88. The van der Waals surface area contributed by atoms with Crippen molar-refractivity contribution in [1.82, 2.24) is 4.90 Å². The maximum Gasteiger partial charge on any atom is 0.226 e. The van der Waals surface area contributed by atoms with Crippen LogP contribution in [0, 0.1) is 5.92 Å². The lowest BCUT2D eigenvalue weighted by atomic mass is 10.1. The van der Waals surface area contributed by atoms with Crippen molar-refractivity contribution in [1.29, 1.82) is 0 Å². The molecule has 1 fully saturated rings. The van der Waals surface area contributed by atoms with E-state index in [2.05, 4.69) is 42.6 Å². The van der Waals surface area contributed by atoms with Crippen LogP contribution >= 0.6 is 11.3 Å². The average molecular weight is 285 g/mol. The van der Waals surface area contributed by atoms with E-state index in [0.717, 1.165) is 19.5 Å². The second kappa shape index (κ2) is 5.80. The minimum atomic E-state index is 0.192. The van der Waals surface area contributed by atoms with Gasteiger partial charge in [0.25, 0.3) is 0 Å². The summed E-state index contributed by atoms with van der Waals surface area (Å²) in [6, 6.07) is 14.5. The molecular weight excluding hydrogens is 266 g/mol. The molecule has 2 atom stereocenters. The number of carbonyl (C=O) groups is 1. The van der Waals surface area contributed by atoms with Gasteiger partial charge in [-0.25, -0.2) is 0 Å². The summed E-state index contributed by atoms with van der Waals surface area (Å²) in [5, 5.41) is 2.07. The predicted octanol–water partition coefficient (Wildman–Crippen LogP) is 3.90. The maximum absolute atomic E-state index is 12.6. The quantitative estimate of drug-likeness (QED) is 0.816. The van der Waals surface area contributed by atoms with E-state index in [9.17, 15) is 4.79 Å². The molecule has 1 amide bonds. The number of benzene rings is 1. The lowest BCUT2D eigenvalue weighted by Crippen LogP contribution is -2.31. The number of carbonyl (C=O) groups excluding carboxylic acids is 1. The Morgan fingerprint density at radius 2 is 2.05 bits per heavy atom. The van der Waals surface area contributed by atoms with E-state index in [4.69, 9.17) is 0 Å². The third kappa shape index (κ3) is 2.78. The summed E-state index contributed by atoms with van der Waals surface area (Å²) >= 11 is 1.72. The Morgan fingerprint density at radius 3 is 2.70 bits per heavy atom. The fourth-order valence-corrected chi connectivity index (χ4v) is 3.43. The highest BCUT2D eigenvalue weighted by Crippen LogP contribution is 2.48. The fraction of sp³-hybridized carbons (Fsp3) is 0.353. The van der Waals surface area contributed by atoms with Crippen LogP contribution in [0.2, 0.25) is 0 Å². The normalized spacial score (nSPS) is 20.6. The molecule has 2 aromatic rings. The van der Waals surface area contributed by atoms with Crippen LogP contribution in [0.4, 0.5) is 0 Å². The van der Waals surface area contributed by atoms with Crippen molar-refractivity contribution in [3.63, 3.8) is 0 Å². The molecule has 0 saturated heterocycles. The lowest BCUT2D eigenvalue weighted by molar-refractivity contribution is -0.133. The summed E-state index contributed by atoms with van der Waals surface area (Å²) in [4.78, 5) is 15.8. The molecule has 1 aliphatic carbocycles. The van der Waals surface area contributed by atoms with Crippen LogP contribution in [0.15, 0.2) is 47.8 Å². The van der Waals surface area contributed by atoms with Gasteiger partial charge in [0.2, 0.25) is 5.91 Å². The van der Waals surface area contributed by atoms with Crippen LogP contribution in [-0.4, -0.2) is 17.4 Å². The van der Waals surface area contributed by atoms with Gasteiger partial charge in [-0.15, -0.1) is 11.3 Å². The molecule has 0 radical (unpaired) electrons. The average Bonchev–Trinajstić information content (AvgIpc) is 3.13. The summed E-state index contributed by atoms with van der Waals surface area (Å²) in [6.45, 7) is 3.60. The molecule has 1 heterocycles. The highest BCUT2D eigenvalue weighted by atomic mass is 32.1. The molecule has 2 nitrogen and oxygen atoms in total. The molecule has 1 aliphatic rings.